The molecule has 0 unspecified atom stereocenters. The molecule has 0 saturated heterocycles. The van der Waals surface area contributed by atoms with Gasteiger partial charge in [-0.1, -0.05) is 30.6 Å². The molecule has 0 spiro atoms. The van der Waals surface area contributed by atoms with Crippen LogP contribution in [0, 0.1) is 18.3 Å². The van der Waals surface area contributed by atoms with E-state index in [1.807, 2.05) is 6.92 Å². The van der Waals surface area contributed by atoms with Crippen LogP contribution in [-0.2, 0) is 0 Å². The molecule has 2 aromatic rings. The van der Waals surface area contributed by atoms with Gasteiger partial charge in [-0.2, -0.15) is 14.9 Å². The molecule has 1 saturated carbocycles. The lowest BCUT2D eigenvalue weighted by Crippen LogP contribution is -2.05. The fraction of sp³-hybridized carbons (Fsp3) is 0.583. The average molecular weight is 246 g/mol. The maximum absolute atomic E-state index is 9.08. The predicted molar refractivity (Wildman–Crippen MR) is 66.1 cm³/mol. The highest BCUT2D eigenvalue weighted by Gasteiger charge is 2.21. The zero-order chi connectivity index (χ0) is 11.8. The monoisotopic (exact) mass is 246 g/mol. The molecule has 88 valence electrons. The van der Waals surface area contributed by atoms with E-state index in [1.54, 1.807) is 15.9 Å². The van der Waals surface area contributed by atoms with Crippen molar-refractivity contribution in [3.63, 3.8) is 0 Å². The number of nitrogens with zero attached hydrogens (tertiary/aromatic N) is 4. The van der Waals surface area contributed by atoms with Crippen LogP contribution < -0.4 is 0 Å². The van der Waals surface area contributed by atoms with Crippen LogP contribution in [0.2, 0.25) is 0 Å². The summed E-state index contributed by atoms with van der Waals surface area (Å²) in [6, 6.07) is 2.18. The van der Waals surface area contributed by atoms with Gasteiger partial charge in [-0.3, -0.25) is 0 Å². The summed E-state index contributed by atoms with van der Waals surface area (Å²) in [6.45, 7) is 1.86. The van der Waals surface area contributed by atoms with Crippen molar-refractivity contribution in [2.75, 3.05) is 0 Å². The molecule has 3 rings (SSSR count). The Morgan fingerprint density at radius 3 is 2.82 bits per heavy atom. The topological polar surface area (TPSA) is 54.0 Å². The molecule has 1 aliphatic rings. The number of rotatable bonds is 1. The minimum absolute atomic E-state index is 0.582. The lowest BCUT2D eigenvalue weighted by Gasteiger charge is -2.18. The van der Waals surface area contributed by atoms with Crippen molar-refractivity contribution in [3.05, 3.63) is 16.4 Å². The van der Waals surface area contributed by atoms with Gasteiger partial charge < -0.3 is 0 Å². The van der Waals surface area contributed by atoms with Crippen LogP contribution in [0.1, 0.15) is 54.4 Å². The number of hydrogen-bond acceptors (Lipinski definition) is 4. The fourth-order valence-corrected chi connectivity index (χ4v) is 3.62. The molecule has 17 heavy (non-hydrogen) atoms. The normalized spacial score (nSPS) is 17.4. The van der Waals surface area contributed by atoms with Crippen molar-refractivity contribution in [2.24, 2.45) is 0 Å². The molecule has 0 bridgehead atoms. The number of aryl methyl sites for hydroxylation is 1. The largest absolute Gasteiger partial charge is 0.221 e. The van der Waals surface area contributed by atoms with Crippen molar-refractivity contribution >= 4 is 16.3 Å². The summed E-state index contributed by atoms with van der Waals surface area (Å²) >= 11 is 1.64. The van der Waals surface area contributed by atoms with Crippen LogP contribution in [0.25, 0.3) is 4.96 Å². The second-order valence-electron chi connectivity index (χ2n) is 4.63. The van der Waals surface area contributed by atoms with Gasteiger partial charge in [-0.25, -0.2) is 4.98 Å². The average Bonchev–Trinajstić information content (AvgIpc) is 2.86. The third kappa shape index (κ3) is 1.73. The first-order valence-electron chi connectivity index (χ1n) is 6.06. The van der Waals surface area contributed by atoms with Gasteiger partial charge in [0, 0.05) is 5.92 Å². The maximum Gasteiger partial charge on any atom is 0.213 e. The third-order valence-corrected chi connectivity index (χ3v) is 4.52. The Balaban J connectivity index is 2.02. The molecule has 2 heterocycles. The number of fused-ring (bicyclic) bond motifs is 1. The van der Waals surface area contributed by atoms with E-state index < -0.39 is 0 Å². The third-order valence-electron chi connectivity index (χ3n) is 3.45. The minimum Gasteiger partial charge on any atom is -0.221 e. The Bertz CT molecular complexity index is 583. The van der Waals surface area contributed by atoms with Crippen LogP contribution in [0.4, 0.5) is 0 Å². The summed E-state index contributed by atoms with van der Waals surface area (Å²) in [5.74, 6) is 0.585. The first-order valence-corrected chi connectivity index (χ1v) is 6.87. The van der Waals surface area contributed by atoms with Crippen molar-refractivity contribution in [1.29, 1.82) is 5.26 Å². The Morgan fingerprint density at radius 2 is 2.12 bits per heavy atom. The Labute approximate surface area is 104 Å². The lowest BCUT2D eigenvalue weighted by molar-refractivity contribution is 0.439. The van der Waals surface area contributed by atoms with Gasteiger partial charge in [0.2, 0.25) is 4.96 Å². The molecular weight excluding hydrogens is 232 g/mol. The summed E-state index contributed by atoms with van der Waals surface area (Å²) in [7, 11) is 0. The predicted octanol–water partition coefficient (Wildman–Crippen LogP) is 3.02. The number of imidazole rings is 1. The standard InChI is InChI=1S/C12H14N4S/c1-8-10(7-13)16-12(14-8)17-11(15-16)9-5-3-2-4-6-9/h9H,2-6H2,1H3. The van der Waals surface area contributed by atoms with Crippen LogP contribution in [0.3, 0.4) is 0 Å². The number of nitriles is 1. The molecule has 4 nitrogen and oxygen atoms in total. The van der Waals surface area contributed by atoms with Gasteiger partial charge in [-0.15, -0.1) is 0 Å². The molecule has 0 N–H and O–H groups in total. The van der Waals surface area contributed by atoms with Gasteiger partial charge in [0.05, 0.1) is 5.69 Å². The molecular formula is C12H14N4S. The molecule has 0 amide bonds. The zero-order valence-electron chi connectivity index (χ0n) is 9.81. The van der Waals surface area contributed by atoms with Gasteiger partial charge in [0.1, 0.15) is 11.1 Å². The van der Waals surface area contributed by atoms with Crippen LogP contribution in [0.15, 0.2) is 0 Å². The van der Waals surface area contributed by atoms with E-state index in [9.17, 15) is 0 Å². The van der Waals surface area contributed by atoms with Crippen LogP contribution in [-0.4, -0.2) is 14.6 Å². The quantitative estimate of drug-likeness (QED) is 0.777. The van der Waals surface area contributed by atoms with Crippen molar-refractivity contribution in [1.82, 2.24) is 14.6 Å². The van der Waals surface area contributed by atoms with E-state index in [4.69, 9.17) is 5.26 Å². The molecule has 0 aromatic carbocycles. The van der Waals surface area contributed by atoms with E-state index in [0.717, 1.165) is 15.7 Å². The van der Waals surface area contributed by atoms with E-state index in [2.05, 4.69) is 16.2 Å². The second kappa shape index (κ2) is 4.11. The van der Waals surface area contributed by atoms with Crippen LogP contribution >= 0.6 is 11.3 Å². The Hall–Kier alpha value is -1.41. The van der Waals surface area contributed by atoms with Gasteiger partial charge in [-0.05, 0) is 19.8 Å². The molecule has 1 aliphatic carbocycles. The number of hydrogen-bond donors (Lipinski definition) is 0. The van der Waals surface area contributed by atoms with Gasteiger partial charge >= 0.3 is 0 Å². The van der Waals surface area contributed by atoms with E-state index >= 15 is 0 Å². The highest BCUT2D eigenvalue weighted by atomic mass is 32.1. The van der Waals surface area contributed by atoms with Crippen molar-refractivity contribution in [3.8, 4) is 6.07 Å². The smallest absolute Gasteiger partial charge is 0.213 e. The second-order valence-corrected chi connectivity index (χ2v) is 5.61. The summed E-state index contributed by atoms with van der Waals surface area (Å²) in [6.07, 6.45) is 6.42. The summed E-state index contributed by atoms with van der Waals surface area (Å²) in [5.41, 5.74) is 1.36. The van der Waals surface area contributed by atoms with Crippen molar-refractivity contribution < 1.29 is 0 Å². The van der Waals surface area contributed by atoms with E-state index in [1.165, 1.54) is 32.1 Å². The van der Waals surface area contributed by atoms with Crippen LogP contribution in [0.5, 0.6) is 0 Å². The summed E-state index contributed by atoms with van der Waals surface area (Å²) < 4.78 is 1.71. The van der Waals surface area contributed by atoms with Gasteiger partial charge in [0.15, 0.2) is 5.69 Å². The highest BCUT2D eigenvalue weighted by Crippen LogP contribution is 2.35. The molecule has 1 fully saturated rings. The zero-order valence-corrected chi connectivity index (χ0v) is 10.6. The van der Waals surface area contributed by atoms with Gasteiger partial charge in [0.25, 0.3) is 0 Å². The lowest BCUT2D eigenvalue weighted by atomic mass is 9.90. The van der Waals surface area contributed by atoms with E-state index in [-0.39, 0.29) is 0 Å². The first-order chi connectivity index (χ1) is 8.29. The summed E-state index contributed by atoms with van der Waals surface area (Å²) in [4.78, 5) is 5.26. The number of aromatic nitrogens is 3. The maximum atomic E-state index is 9.08. The van der Waals surface area contributed by atoms with E-state index in [0.29, 0.717) is 11.6 Å². The SMILES string of the molecule is Cc1nc2sc(C3CCCCC3)nn2c1C#N. The first kappa shape index (κ1) is 10.7. The van der Waals surface area contributed by atoms with Crippen molar-refractivity contribution in [2.45, 2.75) is 44.9 Å². The Kier molecular flexibility index (Phi) is 2.60. The molecule has 0 aliphatic heterocycles. The fourth-order valence-electron chi connectivity index (χ4n) is 2.51. The molecule has 0 atom stereocenters. The minimum atomic E-state index is 0.582. The molecule has 0 radical (unpaired) electrons. The Morgan fingerprint density at radius 1 is 1.35 bits per heavy atom. The molecule has 2 aromatic heterocycles. The highest BCUT2D eigenvalue weighted by molar-refractivity contribution is 7.16. The molecule has 5 heteroatoms. The summed E-state index contributed by atoms with van der Waals surface area (Å²) in [5, 5.41) is 14.8.